The van der Waals surface area contributed by atoms with Crippen molar-refractivity contribution < 1.29 is 19.1 Å². The fraction of sp³-hybridized carbons (Fsp3) is 0.167. The quantitative estimate of drug-likeness (QED) is 0.486. The van der Waals surface area contributed by atoms with Gasteiger partial charge >= 0.3 is 5.97 Å². The summed E-state index contributed by atoms with van der Waals surface area (Å²) in [5.74, 6) is 0.914. The third-order valence-corrected chi connectivity index (χ3v) is 4.13. The van der Waals surface area contributed by atoms with Crippen LogP contribution < -0.4 is 15.4 Å². The average molecular weight is 404 g/mol. The molecule has 3 aromatic carbocycles. The van der Waals surface area contributed by atoms with E-state index in [4.69, 9.17) is 9.47 Å². The molecule has 3 rings (SSSR count). The second kappa shape index (κ2) is 10.7. The van der Waals surface area contributed by atoms with Crippen molar-refractivity contribution in [2.75, 3.05) is 23.8 Å². The van der Waals surface area contributed by atoms with Gasteiger partial charge < -0.3 is 20.1 Å². The summed E-state index contributed by atoms with van der Waals surface area (Å²) in [4.78, 5) is 24.0. The zero-order valence-electron chi connectivity index (χ0n) is 16.8. The highest BCUT2D eigenvalue weighted by Crippen LogP contribution is 2.22. The SMILES string of the molecule is CCCOC(=O)c1ccc(NCC(=O)Nc2ccc(Oc3ccccc3)cc2)cc1. The van der Waals surface area contributed by atoms with Crippen LogP contribution in [0.15, 0.2) is 78.9 Å². The molecule has 0 aliphatic heterocycles. The van der Waals surface area contributed by atoms with Crippen molar-refractivity contribution >= 4 is 23.3 Å². The number of benzene rings is 3. The van der Waals surface area contributed by atoms with Crippen molar-refractivity contribution in [1.82, 2.24) is 0 Å². The summed E-state index contributed by atoms with van der Waals surface area (Å²) in [6, 6.07) is 23.5. The molecule has 1 amide bonds. The fourth-order valence-electron chi connectivity index (χ4n) is 2.62. The van der Waals surface area contributed by atoms with E-state index < -0.39 is 0 Å². The van der Waals surface area contributed by atoms with Crippen molar-refractivity contribution in [3.8, 4) is 11.5 Å². The molecule has 0 saturated carbocycles. The number of nitrogens with one attached hydrogen (secondary N) is 2. The fourth-order valence-corrected chi connectivity index (χ4v) is 2.62. The largest absolute Gasteiger partial charge is 0.462 e. The monoisotopic (exact) mass is 404 g/mol. The van der Waals surface area contributed by atoms with Crippen LogP contribution in [0.1, 0.15) is 23.7 Å². The number of carbonyl (C=O) groups is 2. The summed E-state index contributed by atoms with van der Waals surface area (Å²) in [6.07, 6.45) is 0.781. The molecule has 0 aromatic heterocycles. The molecule has 0 heterocycles. The molecule has 0 unspecified atom stereocenters. The molecule has 0 radical (unpaired) electrons. The van der Waals surface area contributed by atoms with E-state index in [0.717, 1.165) is 17.9 Å². The average Bonchev–Trinajstić information content (AvgIpc) is 2.78. The molecule has 0 bridgehead atoms. The number of esters is 1. The van der Waals surface area contributed by atoms with Gasteiger partial charge in [0, 0.05) is 11.4 Å². The molecule has 0 aliphatic rings. The predicted molar refractivity (Wildman–Crippen MR) is 117 cm³/mol. The molecule has 6 nitrogen and oxygen atoms in total. The summed E-state index contributed by atoms with van der Waals surface area (Å²) in [6.45, 7) is 2.44. The lowest BCUT2D eigenvalue weighted by Gasteiger charge is -2.10. The Labute approximate surface area is 175 Å². The maximum atomic E-state index is 12.2. The van der Waals surface area contributed by atoms with E-state index in [2.05, 4.69) is 10.6 Å². The molecule has 0 fully saturated rings. The maximum Gasteiger partial charge on any atom is 0.338 e. The van der Waals surface area contributed by atoms with Crippen molar-refractivity contribution in [3.05, 3.63) is 84.4 Å². The highest BCUT2D eigenvalue weighted by atomic mass is 16.5. The standard InChI is InChI=1S/C24H24N2O4/c1-2-16-29-24(28)18-8-10-19(11-9-18)25-17-23(27)26-20-12-14-22(15-13-20)30-21-6-4-3-5-7-21/h3-15,25H,2,16-17H2,1H3,(H,26,27). The normalized spacial score (nSPS) is 10.2. The number of rotatable bonds is 9. The van der Waals surface area contributed by atoms with Crippen LogP contribution in [0.3, 0.4) is 0 Å². The first kappa shape index (κ1) is 20.9. The maximum absolute atomic E-state index is 12.2. The molecule has 30 heavy (non-hydrogen) atoms. The molecule has 2 N–H and O–H groups in total. The Bertz CT molecular complexity index is 955. The number of amides is 1. The van der Waals surface area contributed by atoms with Gasteiger partial charge in [0.1, 0.15) is 11.5 Å². The van der Waals surface area contributed by atoms with Crippen molar-refractivity contribution in [2.45, 2.75) is 13.3 Å². The van der Waals surface area contributed by atoms with Gasteiger partial charge in [0.05, 0.1) is 18.7 Å². The summed E-state index contributed by atoms with van der Waals surface area (Å²) in [5, 5.41) is 5.85. The minimum Gasteiger partial charge on any atom is -0.462 e. The molecule has 0 spiro atoms. The summed E-state index contributed by atoms with van der Waals surface area (Å²) < 4.78 is 10.8. The lowest BCUT2D eigenvalue weighted by atomic mass is 10.2. The highest BCUT2D eigenvalue weighted by Gasteiger charge is 2.07. The van der Waals surface area contributed by atoms with Gasteiger partial charge in [0.2, 0.25) is 5.91 Å². The third kappa shape index (κ3) is 6.38. The zero-order chi connectivity index (χ0) is 21.2. The number of para-hydroxylation sites is 1. The second-order valence-corrected chi connectivity index (χ2v) is 6.55. The Kier molecular flexibility index (Phi) is 7.44. The van der Waals surface area contributed by atoms with Crippen molar-refractivity contribution in [1.29, 1.82) is 0 Å². The molecule has 0 aliphatic carbocycles. The van der Waals surface area contributed by atoms with Crippen LogP contribution in [0.4, 0.5) is 11.4 Å². The lowest BCUT2D eigenvalue weighted by molar-refractivity contribution is -0.114. The lowest BCUT2D eigenvalue weighted by Crippen LogP contribution is -2.21. The molecule has 0 saturated heterocycles. The van der Waals surface area contributed by atoms with E-state index in [-0.39, 0.29) is 18.4 Å². The van der Waals surface area contributed by atoms with Crippen LogP contribution in [0.25, 0.3) is 0 Å². The summed E-state index contributed by atoms with van der Waals surface area (Å²) >= 11 is 0. The van der Waals surface area contributed by atoms with Crippen LogP contribution in [0.5, 0.6) is 11.5 Å². The van der Waals surface area contributed by atoms with E-state index in [1.54, 1.807) is 48.5 Å². The Balaban J connectivity index is 1.45. The van der Waals surface area contributed by atoms with Gasteiger partial charge in [0.25, 0.3) is 0 Å². The molecular weight excluding hydrogens is 380 g/mol. The van der Waals surface area contributed by atoms with Gasteiger partial charge in [-0.2, -0.15) is 0 Å². The Morgan fingerprint density at radius 3 is 2.10 bits per heavy atom. The highest BCUT2D eigenvalue weighted by molar-refractivity contribution is 5.94. The number of anilines is 2. The molecule has 3 aromatic rings. The van der Waals surface area contributed by atoms with E-state index in [9.17, 15) is 9.59 Å². The van der Waals surface area contributed by atoms with Crippen LogP contribution in [0, 0.1) is 0 Å². The van der Waals surface area contributed by atoms with Crippen LogP contribution in [-0.2, 0) is 9.53 Å². The van der Waals surface area contributed by atoms with Crippen molar-refractivity contribution in [2.24, 2.45) is 0 Å². The van der Waals surface area contributed by atoms with E-state index in [1.165, 1.54) is 0 Å². The summed E-state index contributed by atoms with van der Waals surface area (Å²) in [7, 11) is 0. The van der Waals surface area contributed by atoms with Crippen LogP contribution >= 0.6 is 0 Å². The third-order valence-electron chi connectivity index (χ3n) is 4.13. The van der Waals surface area contributed by atoms with Gasteiger partial charge in [-0.25, -0.2) is 4.79 Å². The van der Waals surface area contributed by atoms with E-state index in [1.807, 2.05) is 37.3 Å². The Morgan fingerprint density at radius 2 is 1.43 bits per heavy atom. The number of ether oxygens (including phenoxy) is 2. The second-order valence-electron chi connectivity index (χ2n) is 6.55. The number of carbonyl (C=O) groups excluding carboxylic acids is 2. The minimum atomic E-state index is -0.346. The first-order valence-electron chi connectivity index (χ1n) is 9.78. The number of hydrogen-bond acceptors (Lipinski definition) is 5. The topological polar surface area (TPSA) is 76.7 Å². The van der Waals surface area contributed by atoms with Gasteiger partial charge in [-0.05, 0) is 67.1 Å². The van der Waals surface area contributed by atoms with Crippen LogP contribution in [0.2, 0.25) is 0 Å². The summed E-state index contributed by atoms with van der Waals surface area (Å²) in [5.41, 5.74) is 1.90. The first-order valence-corrected chi connectivity index (χ1v) is 9.78. The van der Waals surface area contributed by atoms with Crippen molar-refractivity contribution in [3.63, 3.8) is 0 Å². The van der Waals surface area contributed by atoms with E-state index in [0.29, 0.717) is 23.6 Å². The minimum absolute atomic E-state index is 0.0991. The van der Waals surface area contributed by atoms with E-state index >= 15 is 0 Å². The zero-order valence-corrected chi connectivity index (χ0v) is 16.8. The molecular formula is C24H24N2O4. The Hall–Kier alpha value is -3.80. The van der Waals surface area contributed by atoms with Gasteiger partial charge in [-0.3, -0.25) is 4.79 Å². The Morgan fingerprint density at radius 1 is 0.800 bits per heavy atom. The number of hydrogen-bond donors (Lipinski definition) is 2. The smallest absolute Gasteiger partial charge is 0.338 e. The van der Waals surface area contributed by atoms with Gasteiger partial charge in [-0.15, -0.1) is 0 Å². The predicted octanol–water partition coefficient (Wildman–Crippen LogP) is 5.10. The molecule has 154 valence electrons. The van der Waals surface area contributed by atoms with Gasteiger partial charge in [0.15, 0.2) is 0 Å². The molecule has 0 atom stereocenters. The molecule has 6 heteroatoms. The van der Waals surface area contributed by atoms with Gasteiger partial charge in [-0.1, -0.05) is 25.1 Å². The van der Waals surface area contributed by atoms with Crippen LogP contribution in [-0.4, -0.2) is 25.0 Å². The first-order chi connectivity index (χ1) is 14.6.